The lowest BCUT2D eigenvalue weighted by Crippen LogP contribution is -2.29. The average molecular weight is 141 g/mol. The van der Waals surface area contributed by atoms with Gasteiger partial charge in [-0.05, 0) is 19.8 Å². The highest BCUT2D eigenvalue weighted by atomic mass is 32.2. The molecule has 50 valence electrons. The molecule has 1 nitrogen and oxygen atoms in total. The molecular weight excluding hydrogens is 130 g/mol. The molecule has 0 aromatic carbocycles. The van der Waals surface area contributed by atoms with Crippen molar-refractivity contribution in [1.82, 2.24) is 4.90 Å². The van der Waals surface area contributed by atoms with Crippen molar-refractivity contribution in [3.05, 3.63) is 6.54 Å². The van der Waals surface area contributed by atoms with Crippen LogP contribution in [0.5, 0.6) is 0 Å². The Morgan fingerprint density at radius 1 is 1.67 bits per heavy atom. The van der Waals surface area contributed by atoms with Crippen LogP contribution in [0.4, 0.5) is 0 Å². The van der Waals surface area contributed by atoms with Crippen molar-refractivity contribution in [1.29, 1.82) is 0 Å². The predicted molar refractivity (Wildman–Crippen MR) is 40.0 cm³/mol. The SMILES string of the molecule is CC12CCCN1[C]CS2. The lowest BCUT2D eigenvalue weighted by Gasteiger charge is -2.24. The zero-order valence-corrected chi connectivity index (χ0v) is 6.50. The third-order valence-electron chi connectivity index (χ3n) is 2.23. The third-order valence-corrected chi connectivity index (χ3v) is 3.55. The molecule has 0 bridgehead atoms. The van der Waals surface area contributed by atoms with Gasteiger partial charge in [0.25, 0.3) is 0 Å². The summed E-state index contributed by atoms with van der Waals surface area (Å²) in [4.78, 5) is 2.82. The van der Waals surface area contributed by atoms with Crippen molar-refractivity contribution in [2.75, 3.05) is 12.3 Å². The van der Waals surface area contributed by atoms with E-state index in [1.54, 1.807) is 0 Å². The van der Waals surface area contributed by atoms with Gasteiger partial charge in [-0.1, -0.05) is 0 Å². The summed E-state index contributed by atoms with van der Waals surface area (Å²) in [5, 5.41) is 0. The first kappa shape index (κ1) is 6.05. The maximum absolute atomic E-state index is 3.36. The Balaban J connectivity index is 2.17. The fourth-order valence-corrected chi connectivity index (χ4v) is 2.73. The molecule has 0 aromatic heterocycles. The zero-order valence-electron chi connectivity index (χ0n) is 5.68. The molecule has 2 rings (SSSR count). The standard InChI is InChI=1S/C7H11NS/c1-7-3-2-4-8(7)5-6-9-7/h2-4,6H2,1H3. The molecule has 2 heteroatoms. The number of hydrogen-bond acceptors (Lipinski definition) is 2. The van der Waals surface area contributed by atoms with Gasteiger partial charge in [0.2, 0.25) is 0 Å². The number of nitrogens with zero attached hydrogens (tertiary/aromatic N) is 1. The van der Waals surface area contributed by atoms with Gasteiger partial charge < -0.3 is 0 Å². The van der Waals surface area contributed by atoms with Gasteiger partial charge in [-0.15, -0.1) is 11.8 Å². The highest BCUT2D eigenvalue weighted by Gasteiger charge is 2.41. The van der Waals surface area contributed by atoms with Crippen LogP contribution in [0.25, 0.3) is 0 Å². The Morgan fingerprint density at radius 2 is 2.56 bits per heavy atom. The van der Waals surface area contributed by atoms with Crippen molar-refractivity contribution >= 4 is 11.8 Å². The van der Waals surface area contributed by atoms with E-state index in [0.717, 1.165) is 5.75 Å². The first-order valence-electron chi connectivity index (χ1n) is 3.46. The van der Waals surface area contributed by atoms with E-state index in [0.29, 0.717) is 4.87 Å². The fourth-order valence-electron chi connectivity index (χ4n) is 1.60. The van der Waals surface area contributed by atoms with E-state index in [4.69, 9.17) is 0 Å². The lowest BCUT2D eigenvalue weighted by molar-refractivity contribution is 0.318. The summed E-state index contributed by atoms with van der Waals surface area (Å²) in [7, 11) is 0. The molecule has 0 amide bonds. The number of fused-ring (bicyclic) bond motifs is 1. The van der Waals surface area contributed by atoms with Crippen LogP contribution in [0, 0.1) is 6.54 Å². The van der Waals surface area contributed by atoms with E-state index >= 15 is 0 Å². The van der Waals surface area contributed by atoms with E-state index < -0.39 is 0 Å². The molecule has 0 saturated carbocycles. The van der Waals surface area contributed by atoms with Crippen LogP contribution in [0.2, 0.25) is 0 Å². The molecule has 2 fully saturated rings. The predicted octanol–water partition coefficient (Wildman–Crippen LogP) is 1.58. The van der Waals surface area contributed by atoms with Crippen LogP contribution < -0.4 is 0 Å². The summed E-state index contributed by atoms with van der Waals surface area (Å²) in [6.45, 7) is 6.92. The second kappa shape index (κ2) is 1.89. The van der Waals surface area contributed by atoms with Gasteiger partial charge in [0.05, 0.1) is 11.4 Å². The fraction of sp³-hybridized carbons (Fsp3) is 0.857. The smallest absolute Gasteiger partial charge is 0.0736 e. The average Bonchev–Trinajstić information content (AvgIpc) is 2.22. The zero-order chi connectivity index (χ0) is 6.32. The summed E-state index contributed by atoms with van der Waals surface area (Å²) < 4.78 is 0. The molecule has 2 aliphatic heterocycles. The second-order valence-corrected chi connectivity index (χ2v) is 4.33. The number of hydrogen-bond donors (Lipinski definition) is 0. The van der Waals surface area contributed by atoms with Crippen LogP contribution in [-0.4, -0.2) is 22.1 Å². The molecule has 2 saturated heterocycles. The maximum Gasteiger partial charge on any atom is 0.0736 e. The largest absolute Gasteiger partial charge is 0.279 e. The first-order valence-corrected chi connectivity index (χ1v) is 4.45. The monoisotopic (exact) mass is 141 g/mol. The topological polar surface area (TPSA) is 3.24 Å². The maximum atomic E-state index is 3.36. The van der Waals surface area contributed by atoms with Gasteiger partial charge in [0.15, 0.2) is 0 Å². The van der Waals surface area contributed by atoms with Gasteiger partial charge >= 0.3 is 0 Å². The summed E-state index contributed by atoms with van der Waals surface area (Å²) in [5.74, 6) is 1.11. The summed E-state index contributed by atoms with van der Waals surface area (Å²) in [5.41, 5.74) is 0. The van der Waals surface area contributed by atoms with Crippen molar-refractivity contribution < 1.29 is 0 Å². The Bertz CT molecular complexity index is 114. The van der Waals surface area contributed by atoms with Crippen molar-refractivity contribution in [2.24, 2.45) is 0 Å². The van der Waals surface area contributed by atoms with Crippen molar-refractivity contribution in [3.63, 3.8) is 0 Å². The summed E-state index contributed by atoms with van der Waals surface area (Å²) in [6.07, 6.45) is 2.71. The van der Waals surface area contributed by atoms with Gasteiger partial charge in [0, 0.05) is 12.3 Å². The van der Waals surface area contributed by atoms with Crippen LogP contribution in [0.1, 0.15) is 19.8 Å². The second-order valence-electron chi connectivity index (χ2n) is 2.88. The Kier molecular flexibility index (Phi) is 1.27. The van der Waals surface area contributed by atoms with Crippen LogP contribution >= 0.6 is 11.8 Å². The highest BCUT2D eigenvalue weighted by Crippen LogP contribution is 2.44. The Hall–Kier alpha value is 0.310. The summed E-state index contributed by atoms with van der Waals surface area (Å²) in [6, 6.07) is 0. The van der Waals surface area contributed by atoms with Gasteiger partial charge in [0.1, 0.15) is 0 Å². The quantitative estimate of drug-likeness (QED) is 0.504. The molecule has 0 spiro atoms. The number of thioether (sulfide) groups is 1. The van der Waals surface area contributed by atoms with E-state index in [2.05, 4.69) is 18.4 Å². The van der Waals surface area contributed by atoms with Crippen LogP contribution in [0.15, 0.2) is 0 Å². The Labute approximate surface area is 60.8 Å². The molecular formula is C7H11NS. The molecule has 1 atom stereocenters. The molecule has 0 N–H and O–H groups in total. The minimum atomic E-state index is 0.444. The van der Waals surface area contributed by atoms with E-state index in [1.165, 1.54) is 19.4 Å². The van der Waals surface area contributed by atoms with E-state index in [1.807, 2.05) is 11.8 Å². The minimum Gasteiger partial charge on any atom is -0.279 e. The highest BCUT2D eigenvalue weighted by molar-refractivity contribution is 8.00. The lowest BCUT2D eigenvalue weighted by atomic mass is 10.2. The Morgan fingerprint density at radius 3 is 3.33 bits per heavy atom. The summed E-state index contributed by atoms with van der Waals surface area (Å²) >= 11 is 2.03. The van der Waals surface area contributed by atoms with Crippen molar-refractivity contribution in [3.8, 4) is 0 Å². The molecule has 0 aromatic rings. The van der Waals surface area contributed by atoms with Gasteiger partial charge in [-0.3, -0.25) is 4.90 Å². The van der Waals surface area contributed by atoms with Gasteiger partial charge in [-0.2, -0.15) is 0 Å². The van der Waals surface area contributed by atoms with Crippen molar-refractivity contribution in [2.45, 2.75) is 24.6 Å². The van der Waals surface area contributed by atoms with E-state index in [-0.39, 0.29) is 0 Å². The third kappa shape index (κ3) is 0.802. The minimum absolute atomic E-state index is 0.444. The molecule has 2 heterocycles. The normalized spacial score (nSPS) is 43.7. The first-order chi connectivity index (χ1) is 4.31. The molecule has 9 heavy (non-hydrogen) atoms. The molecule has 0 aliphatic carbocycles. The molecule has 1 unspecified atom stereocenters. The van der Waals surface area contributed by atoms with Crippen LogP contribution in [0.3, 0.4) is 0 Å². The van der Waals surface area contributed by atoms with E-state index in [9.17, 15) is 0 Å². The van der Waals surface area contributed by atoms with Crippen LogP contribution in [-0.2, 0) is 0 Å². The number of rotatable bonds is 0. The molecule has 2 radical (unpaired) electrons. The molecule has 2 aliphatic rings. The van der Waals surface area contributed by atoms with Gasteiger partial charge in [-0.25, -0.2) is 0 Å².